The molecule has 1 aliphatic rings. The SMILES string of the molecule is ClC(c1cccs1)C1CCOc2ccccc21. The van der Waals surface area contributed by atoms with Gasteiger partial charge in [-0.2, -0.15) is 0 Å². The molecule has 2 atom stereocenters. The maximum atomic E-state index is 6.61. The molecule has 1 aliphatic heterocycles. The van der Waals surface area contributed by atoms with E-state index in [1.54, 1.807) is 11.3 Å². The predicted molar refractivity (Wildman–Crippen MR) is 72.2 cm³/mol. The van der Waals surface area contributed by atoms with Crippen LogP contribution in [0.1, 0.15) is 28.2 Å². The lowest BCUT2D eigenvalue weighted by molar-refractivity contribution is 0.265. The average molecular weight is 265 g/mol. The van der Waals surface area contributed by atoms with Crippen LogP contribution in [-0.2, 0) is 0 Å². The third-order valence-corrected chi connectivity index (χ3v) is 4.80. The highest BCUT2D eigenvalue weighted by molar-refractivity contribution is 7.10. The van der Waals surface area contributed by atoms with Gasteiger partial charge in [0.25, 0.3) is 0 Å². The van der Waals surface area contributed by atoms with Gasteiger partial charge in [-0.05, 0) is 29.5 Å². The van der Waals surface area contributed by atoms with Gasteiger partial charge in [-0.15, -0.1) is 22.9 Å². The van der Waals surface area contributed by atoms with Gasteiger partial charge < -0.3 is 4.74 Å². The summed E-state index contributed by atoms with van der Waals surface area (Å²) in [7, 11) is 0. The van der Waals surface area contributed by atoms with Crippen molar-refractivity contribution in [3.63, 3.8) is 0 Å². The van der Waals surface area contributed by atoms with Crippen LogP contribution in [-0.4, -0.2) is 6.61 Å². The van der Waals surface area contributed by atoms with Gasteiger partial charge in [0.15, 0.2) is 0 Å². The minimum atomic E-state index is 0.0556. The Hall–Kier alpha value is -0.990. The summed E-state index contributed by atoms with van der Waals surface area (Å²) >= 11 is 8.34. The molecule has 17 heavy (non-hydrogen) atoms. The standard InChI is InChI=1S/C14H13ClOS/c15-14(13-6-3-9-17-13)11-7-8-16-12-5-2-1-4-10(11)12/h1-6,9,11,14H,7-8H2. The van der Waals surface area contributed by atoms with Crippen LogP contribution >= 0.6 is 22.9 Å². The molecular weight excluding hydrogens is 252 g/mol. The number of ether oxygens (including phenoxy) is 1. The van der Waals surface area contributed by atoms with E-state index in [1.165, 1.54) is 10.4 Å². The lowest BCUT2D eigenvalue weighted by Crippen LogP contribution is -2.17. The zero-order valence-corrected chi connectivity index (χ0v) is 10.9. The Morgan fingerprint density at radius 1 is 1.24 bits per heavy atom. The Morgan fingerprint density at radius 3 is 2.94 bits per heavy atom. The van der Waals surface area contributed by atoms with Gasteiger partial charge in [0, 0.05) is 10.8 Å². The normalized spacial score (nSPS) is 20.4. The highest BCUT2D eigenvalue weighted by Crippen LogP contribution is 2.45. The molecule has 2 heterocycles. The van der Waals surface area contributed by atoms with Crippen molar-refractivity contribution in [1.29, 1.82) is 0 Å². The maximum absolute atomic E-state index is 6.61. The predicted octanol–water partition coefficient (Wildman–Crippen LogP) is 4.59. The van der Waals surface area contributed by atoms with Gasteiger partial charge >= 0.3 is 0 Å². The summed E-state index contributed by atoms with van der Waals surface area (Å²) in [5.41, 5.74) is 1.24. The lowest BCUT2D eigenvalue weighted by Gasteiger charge is -2.28. The van der Waals surface area contributed by atoms with Crippen molar-refractivity contribution in [3.8, 4) is 5.75 Å². The van der Waals surface area contributed by atoms with Gasteiger partial charge in [-0.1, -0.05) is 24.3 Å². The van der Waals surface area contributed by atoms with Gasteiger partial charge in [0.1, 0.15) is 5.75 Å². The lowest BCUT2D eigenvalue weighted by atomic mass is 9.89. The van der Waals surface area contributed by atoms with Gasteiger partial charge in [-0.3, -0.25) is 0 Å². The van der Waals surface area contributed by atoms with Gasteiger partial charge in [0.2, 0.25) is 0 Å². The fraction of sp³-hybridized carbons (Fsp3) is 0.286. The number of para-hydroxylation sites is 1. The van der Waals surface area contributed by atoms with Crippen LogP contribution in [0.2, 0.25) is 0 Å². The summed E-state index contributed by atoms with van der Waals surface area (Å²) in [4.78, 5) is 1.24. The van der Waals surface area contributed by atoms with Crippen LogP contribution < -0.4 is 4.74 Å². The highest BCUT2D eigenvalue weighted by atomic mass is 35.5. The number of rotatable bonds is 2. The first kappa shape index (κ1) is 11.1. The van der Waals surface area contributed by atoms with E-state index < -0.39 is 0 Å². The molecule has 88 valence electrons. The molecule has 0 amide bonds. The molecule has 0 bridgehead atoms. The Morgan fingerprint density at radius 2 is 2.12 bits per heavy atom. The first-order valence-corrected chi connectivity index (χ1v) is 7.07. The summed E-state index contributed by atoms with van der Waals surface area (Å²) in [5.74, 6) is 1.35. The van der Waals surface area contributed by atoms with Gasteiger partial charge in [0.05, 0.1) is 12.0 Å². The first-order chi connectivity index (χ1) is 8.36. The molecule has 1 aromatic heterocycles. The molecule has 1 nitrogen and oxygen atoms in total. The third-order valence-electron chi connectivity index (χ3n) is 3.17. The van der Waals surface area contributed by atoms with E-state index in [-0.39, 0.29) is 5.38 Å². The molecule has 3 rings (SSSR count). The van der Waals surface area contributed by atoms with E-state index in [1.807, 2.05) is 12.1 Å². The highest BCUT2D eigenvalue weighted by Gasteiger charge is 2.28. The molecule has 0 N–H and O–H groups in total. The fourth-order valence-electron chi connectivity index (χ4n) is 2.32. The molecule has 0 spiro atoms. The van der Waals surface area contributed by atoms with Crippen molar-refractivity contribution >= 4 is 22.9 Å². The first-order valence-electron chi connectivity index (χ1n) is 5.75. The topological polar surface area (TPSA) is 9.23 Å². The van der Waals surface area contributed by atoms with E-state index in [9.17, 15) is 0 Å². The van der Waals surface area contributed by atoms with Crippen LogP contribution in [0.25, 0.3) is 0 Å². The molecule has 0 aliphatic carbocycles. The van der Waals surface area contributed by atoms with E-state index in [0.29, 0.717) is 5.92 Å². The van der Waals surface area contributed by atoms with E-state index in [0.717, 1.165) is 18.8 Å². The number of benzene rings is 1. The van der Waals surface area contributed by atoms with Crippen LogP contribution in [0.15, 0.2) is 41.8 Å². The Bertz CT molecular complexity index is 495. The van der Waals surface area contributed by atoms with E-state index in [4.69, 9.17) is 16.3 Å². The molecular formula is C14H13ClOS. The summed E-state index contributed by atoms with van der Waals surface area (Å²) in [5, 5.41) is 2.13. The molecule has 1 aromatic carbocycles. The number of hydrogen-bond donors (Lipinski definition) is 0. The molecule has 0 saturated carbocycles. The van der Waals surface area contributed by atoms with Crippen molar-refractivity contribution in [1.82, 2.24) is 0 Å². The third kappa shape index (κ3) is 2.07. The van der Waals surface area contributed by atoms with Crippen LogP contribution in [0, 0.1) is 0 Å². The summed E-state index contributed by atoms with van der Waals surface area (Å²) < 4.78 is 5.67. The molecule has 2 unspecified atom stereocenters. The Balaban J connectivity index is 1.95. The Labute approximate surface area is 110 Å². The van der Waals surface area contributed by atoms with Crippen molar-refractivity contribution in [3.05, 3.63) is 52.2 Å². The summed E-state index contributed by atoms with van der Waals surface area (Å²) in [6, 6.07) is 12.4. The molecule has 3 heteroatoms. The van der Waals surface area contributed by atoms with Crippen molar-refractivity contribution in [2.75, 3.05) is 6.61 Å². The minimum Gasteiger partial charge on any atom is -0.493 e. The monoisotopic (exact) mass is 264 g/mol. The number of halogens is 1. The summed E-state index contributed by atoms with van der Waals surface area (Å²) in [6.45, 7) is 0.760. The van der Waals surface area contributed by atoms with Crippen LogP contribution in [0.5, 0.6) is 5.75 Å². The number of fused-ring (bicyclic) bond motifs is 1. The van der Waals surface area contributed by atoms with Crippen LogP contribution in [0.3, 0.4) is 0 Å². The second-order valence-electron chi connectivity index (χ2n) is 4.20. The molecule has 0 fully saturated rings. The maximum Gasteiger partial charge on any atom is 0.122 e. The zero-order chi connectivity index (χ0) is 11.7. The zero-order valence-electron chi connectivity index (χ0n) is 9.30. The molecule has 0 saturated heterocycles. The number of thiophene rings is 1. The largest absolute Gasteiger partial charge is 0.493 e. The number of alkyl halides is 1. The number of hydrogen-bond acceptors (Lipinski definition) is 2. The average Bonchev–Trinajstić information content (AvgIpc) is 2.91. The second-order valence-corrected chi connectivity index (χ2v) is 5.65. The summed E-state index contributed by atoms with van der Waals surface area (Å²) in [6.07, 6.45) is 0.989. The van der Waals surface area contributed by atoms with Crippen molar-refractivity contribution in [2.45, 2.75) is 17.7 Å². The quantitative estimate of drug-likeness (QED) is 0.721. The minimum absolute atomic E-state index is 0.0556. The molecule has 0 radical (unpaired) electrons. The smallest absolute Gasteiger partial charge is 0.122 e. The van der Waals surface area contributed by atoms with Gasteiger partial charge in [-0.25, -0.2) is 0 Å². The van der Waals surface area contributed by atoms with Crippen molar-refractivity contribution < 1.29 is 4.74 Å². The molecule has 2 aromatic rings. The van der Waals surface area contributed by atoms with Crippen LogP contribution in [0.4, 0.5) is 0 Å². The second kappa shape index (κ2) is 4.71. The fourth-order valence-corrected chi connectivity index (χ4v) is 3.57. The van der Waals surface area contributed by atoms with E-state index >= 15 is 0 Å². The Kier molecular flexibility index (Phi) is 3.08. The van der Waals surface area contributed by atoms with Crippen molar-refractivity contribution in [2.24, 2.45) is 0 Å². The van der Waals surface area contributed by atoms with E-state index in [2.05, 4.69) is 29.6 Å².